The first-order chi connectivity index (χ1) is 13.0. The second kappa shape index (κ2) is 7.06. The standard InChI is InChI=1S/C20H29FO5S2/c1-19-8-6-14-13-7-9-20(21,23)10-12(13)2-3-15(14)16(19)4-5-17(19)18(22)11-27-28(24,25)26/h2,13-17,23H,3-11H2,1H3,(H,24,25,26)/t13-,14+,15+,16-,17+,19-,20+/m0/s1. The number of rotatable bonds is 4. The number of ketones is 1. The SMILES string of the molecule is C[C@]12CC[C@H]3[C@@H](CC=C4C[C@@](O)(F)CC[C@@H]43)[C@@H]1CC[C@@H]2C(=O)CSS(=O)(=O)O. The van der Waals surface area contributed by atoms with Crippen LogP contribution in [0.2, 0.25) is 0 Å². The minimum Gasteiger partial charge on any atom is -0.361 e. The predicted molar refractivity (Wildman–Crippen MR) is 106 cm³/mol. The first kappa shape index (κ1) is 20.8. The molecule has 7 atom stereocenters. The van der Waals surface area contributed by atoms with Crippen molar-refractivity contribution in [1.82, 2.24) is 0 Å². The molecule has 3 saturated carbocycles. The van der Waals surface area contributed by atoms with Gasteiger partial charge in [-0.2, -0.15) is 8.42 Å². The summed E-state index contributed by atoms with van der Waals surface area (Å²) in [6.45, 7) is 2.18. The Morgan fingerprint density at radius 2 is 2.00 bits per heavy atom. The molecule has 0 unspecified atom stereocenters. The molecule has 28 heavy (non-hydrogen) atoms. The fraction of sp³-hybridized carbons (Fsp3) is 0.850. The smallest absolute Gasteiger partial charge is 0.320 e. The predicted octanol–water partition coefficient (Wildman–Crippen LogP) is 3.94. The summed E-state index contributed by atoms with van der Waals surface area (Å²) < 4.78 is 45.0. The summed E-state index contributed by atoms with van der Waals surface area (Å²) in [4.78, 5) is 12.7. The van der Waals surface area contributed by atoms with Crippen LogP contribution in [0, 0.1) is 35.0 Å². The quantitative estimate of drug-likeness (QED) is 0.397. The van der Waals surface area contributed by atoms with Gasteiger partial charge in [0.15, 0.2) is 0 Å². The van der Waals surface area contributed by atoms with Crippen molar-refractivity contribution in [2.75, 3.05) is 5.75 Å². The normalized spacial score (nSPS) is 45.6. The molecule has 0 aliphatic heterocycles. The monoisotopic (exact) mass is 432 g/mol. The van der Waals surface area contributed by atoms with Crippen molar-refractivity contribution in [1.29, 1.82) is 0 Å². The summed E-state index contributed by atoms with van der Waals surface area (Å²) in [6, 6.07) is 0. The minimum absolute atomic E-state index is 0.0710. The Hall–Kier alpha value is -0.440. The highest BCUT2D eigenvalue weighted by Crippen LogP contribution is 2.63. The first-order valence-corrected chi connectivity index (χ1v) is 13.2. The molecule has 158 valence electrons. The number of hydrogen-bond acceptors (Lipinski definition) is 5. The van der Waals surface area contributed by atoms with Crippen molar-refractivity contribution >= 4 is 25.7 Å². The highest BCUT2D eigenvalue weighted by Gasteiger charge is 2.57. The summed E-state index contributed by atoms with van der Waals surface area (Å²) in [5.41, 5.74) is 0.954. The highest BCUT2D eigenvalue weighted by atomic mass is 33.1. The van der Waals surface area contributed by atoms with Crippen LogP contribution in [-0.2, 0) is 13.9 Å². The highest BCUT2D eigenvalue weighted by molar-refractivity contribution is 8.70. The number of aliphatic hydroxyl groups is 1. The number of carbonyl (C=O) groups is 1. The summed E-state index contributed by atoms with van der Waals surface area (Å²) >= 11 is 0. The second-order valence-electron chi connectivity index (χ2n) is 9.52. The summed E-state index contributed by atoms with van der Waals surface area (Å²) in [5, 5.41) is 9.80. The molecule has 3 fully saturated rings. The van der Waals surface area contributed by atoms with Gasteiger partial charge >= 0.3 is 9.15 Å². The van der Waals surface area contributed by atoms with Crippen molar-refractivity contribution in [3.05, 3.63) is 11.6 Å². The molecule has 0 saturated heterocycles. The van der Waals surface area contributed by atoms with Gasteiger partial charge in [-0.05, 0) is 67.6 Å². The van der Waals surface area contributed by atoms with Gasteiger partial charge in [-0.15, -0.1) is 0 Å². The van der Waals surface area contributed by atoms with Gasteiger partial charge in [-0.25, -0.2) is 4.39 Å². The molecule has 5 nitrogen and oxygen atoms in total. The van der Waals surface area contributed by atoms with E-state index in [2.05, 4.69) is 13.0 Å². The Labute approximate surface area is 169 Å². The number of Topliss-reactive ketones (excluding diaryl/α,β-unsaturated/α-hetero) is 1. The lowest BCUT2D eigenvalue weighted by Gasteiger charge is -2.53. The van der Waals surface area contributed by atoms with Crippen LogP contribution in [0.5, 0.6) is 0 Å². The van der Waals surface area contributed by atoms with Crippen molar-refractivity contribution in [3.63, 3.8) is 0 Å². The van der Waals surface area contributed by atoms with E-state index in [1.54, 1.807) is 0 Å². The Balaban J connectivity index is 1.51. The number of hydrogen-bond donors (Lipinski definition) is 2. The van der Waals surface area contributed by atoms with Crippen molar-refractivity contribution in [2.24, 2.45) is 35.0 Å². The van der Waals surface area contributed by atoms with Crippen molar-refractivity contribution in [2.45, 2.75) is 64.1 Å². The molecular formula is C20H29FO5S2. The number of alkyl halides is 1. The van der Waals surface area contributed by atoms with Crippen LogP contribution in [0.1, 0.15) is 58.3 Å². The van der Waals surface area contributed by atoms with E-state index in [1.165, 1.54) is 0 Å². The van der Waals surface area contributed by atoms with Crippen LogP contribution in [-0.4, -0.2) is 35.5 Å². The van der Waals surface area contributed by atoms with Gasteiger partial charge in [0.05, 0.1) is 5.75 Å². The van der Waals surface area contributed by atoms with Crippen LogP contribution in [0.15, 0.2) is 11.6 Å². The minimum atomic E-state index is -4.20. The van der Waals surface area contributed by atoms with E-state index in [4.69, 9.17) is 4.55 Å². The fourth-order valence-corrected chi connectivity index (χ4v) is 8.27. The Morgan fingerprint density at radius 3 is 2.71 bits per heavy atom. The molecular weight excluding hydrogens is 403 g/mol. The maximum atomic E-state index is 14.1. The molecule has 0 aromatic rings. The molecule has 0 aromatic heterocycles. The van der Waals surface area contributed by atoms with E-state index in [-0.39, 0.29) is 35.7 Å². The Morgan fingerprint density at radius 1 is 1.25 bits per heavy atom. The van der Waals surface area contributed by atoms with Crippen LogP contribution in [0.3, 0.4) is 0 Å². The van der Waals surface area contributed by atoms with Gasteiger partial charge in [0.25, 0.3) is 0 Å². The third kappa shape index (κ3) is 3.70. The Kier molecular flexibility index (Phi) is 5.25. The van der Waals surface area contributed by atoms with Crippen molar-refractivity contribution in [3.8, 4) is 0 Å². The maximum Gasteiger partial charge on any atom is 0.320 e. The zero-order valence-electron chi connectivity index (χ0n) is 16.1. The third-order valence-corrected chi connectivity index (χ3v) is 10.1. The number of halogens is 1. The van der Waals surface area contributed by atoms with E-state index in [0.717, 1.165) is 37.7 Å². The largest absolute Gasteiger partial charge is 0.361 e. The topological polar surface area (TPSA) is 91.7 Å². The lowest BCUT2D eigenvalue weighted by Crippen LogP contribution is -2.48. The van der Waals surface area contributed by atoms with Gasteiger partial charge in [-0.3, -0.25) is 9.35 Å². The molecule has 0 bridgehead atoms. The van der Waals surface area contributed by atoms with E-state index >= 15 is 0 Å². The summed E-state index contributed by atoms with van der Waals surface area (Å²) in [6.07, 6.45) is 7.73. The zero-order valence-corrected chi connectivity index (χ0v) is 17.8. The summed E-state index contributed by atoms with van der Waals surface area (Å²) in [7, 11) is -3.89. The fourth-order valence-electron chi connectivity index (χ4n) is 7.01. The van der Waals surface area contributed by atoms with E-state index in [0.29, 0.717) is 40.9 Å². The summed E-state index contributed by atoms with van der Waals surface area (Å²) in [5.74, 6) is -0.737. The van der Waals surface area contributed by atoms with E-state index in [1.807, 2.05) is 0 Å². The van der Waals surface area contributed by atoms with Crippen molar-refractivity contribution < 1.29 is 27.3 Å². The number of allylic oxidation sites excluding steroid dienone is 1. The van der Waals surface area contributed by atoms with E-state index in [9.17, 15) is 22.7 Å². The molecule has 0 radical (unpaired) electrons. The average Bonchev–Trinajstić information content (AvgIpc) is 2.95. The zero-order chi connectivity index (χ0) is 20.3. The lowest BCUT2D eigenvalue weighted by molar-refractivity contribution is -0.128. The molecule has 0 aromatic carbocycles. The van der Waals surface area contributed by atoms with Gasteiger partial charge in [0, 0.05) is 29.6 Å². The van der Waals surface area contributed by atoms with Crippen LogP contribution < -0.4 is 0 Å². The van der Waals surface area contributed by atoms with Gasteiger partial charge in [0.2, 0.25) is 5.85 Å². The van der Waals surface area contributed by atoms with Gasteiger partial charge in [-0.1, -0.05) is 18.6 Å². The van der Waals surface area contributed by atoms with Crippen LogP contribution >= 0.6 is 10.8 Å². The van der Waals surface area contributed by atoms with Crippen LogP contribution in [0.25, 0.3) is 0 Å². The van der Waals surface area contributed by atoms with Gasteiger partial charge < -0.3 is 5.11 Å². The second-order valence-corrected chi connectivity index (χ2v) is 12.9. The molecule has 4 rings (SSSR count). The van der Waals surface area contributed by atoms with Gasteiger partial charge in [0.1, 0.15) is 5.78 Å². The molecule has 4 aliphatic rings. The molecule has 8 heteroatoms. The maximum absolute atomic E-state index is 14.1. The van der Waals surface area contributed by atoms with E-state index < -0.39 is 15.0 Å². The molecule has 2 N–H and O–H groups in total. The third-order valence-electron chi connectivity index (χ3n) is 8.19. The first-order valence-electron chi connectivity index (χ1n) is 10.2. The molecule has 0 spiro atoms. The number of carbonyl (C=O) groups excluding carboxylic acids is 1. The molecule has 4 aliphatic carbocycles. The van der Waals surface area contributed by atoms with Crippen LogP contribution in [0.4, 0.5) is 4.39 Å². The number of fused-ring (bicyclic) bond motifs is 5. The Bertz CT molecular complexity index is 792. The molecule has 0 amide bonds. The average molecular weight is 433 g/mol. The lowest BCUT2D eigenvalue weighted by atomic mass is 9.51. The molecule has 0 heterocycles.